The molecule has 108 valence electrons. The molecule has 5 nitrogen and oxygen atoms in total. The summed E-state index contributed by atoms with van der Waals surface area (Å²) in [6.45, 7) is 2.22. The van der Waals surface area contributed by atoms with E-state index in [2.05, 4.69) is 14.7 Å². The van der Waals surface area contributed by atoms with Gasteiger partial charge in [-0.3, -0.25) is 0 Å². The van der Waals surface area contributed by atoms with Crippen molar-refractivity contribution in [2.75, 3.05) is 0 Å². The fourth-order valence-electron chi connectivity index (χ4n) is 2.21. The molecule has 6 heteroatoms. The number of hydrogen-bond acceptors (Lipinski definition) is 3. The number of nitrogens with zero attached hydrogens (tertiary/aromatic N) is 1. The molecule has 0 aliphatic carbocycles. The summed E-state index contributed by atoms with van der Waals surface area (Å²) in [6.07, 6.45) is 3.09. The van der Waals surface area contributed by atoms with Crippen LogP contribution in [0.15, 0.2) is 53.7 Å². The third-order valence-corrected chi connectivity index (χ3v) is 4.86. The van der Waals surface area contributed by atoms with E-state index in [0.29, 0.717) is 11.0 Å². The summed E-state index contributed by atoms with van der Waals surface area (Å²) in [5.41, 5.74) is 2.58. The Morgan fingerprint density at radius 3 is 2.81 bits per heavy atom. The summed E-state index contributed by atoms with van der Waals surface area (Å²) in [6, 6.07) is 11.1. The van der Waals surface area contributed by atoms with Gasteiger partial charge in [-0.25, -0.2) is 18.1 Å². The lowest BCUT2D eigenvalue weighted by Gasteiger charge is -2.08. The standard InChI is InChI=1S/C15H15N3O2S/c1-11-5-2-3-6-12(11)9-18-21(19,20)14-10-17-15-13(14)7-4-8-16-15/h2-8,10,18H,9H2,1H3,(H,16,17). The number of pyridine rings is 1. The second-order valence-electron chi connectivity index (χ2n) is 4.80. The first-order valence-electron chi connectivity index (χ1n) is 6.54. The normalized spacial score (nSPS) is 11.9. The molecule has 2 heterocycles. The first-order valence-corrected chi connectivity index (χ1v) is 8.02. The van der Waals surface area contributed by atoms with Crippen molar-refractivity contribution in [3.8, 4) is 0 Å². The lowest BCUT2D eigenvalue weighted by molar-refractivity contribution is 0.582. The number of H-pyrrole nitrogens is 1. The van der Waals surface area contributed by atoms with Crippen LogP contribution in [0.3, 0.4) is 0 Å². The smallest absolute Gasteiger partial charge is 0.243 e. The number of benzene rings is 1. The highest BCUT2D eigenvalue weighted by Crippen LogP contribution is 2.21. The molecule has 0 saturated carbocycles. The van der Waals surface area contributed by atoms with E-state index in [1.807, 2.05) is 31.2 Å². The first kappa shape index (κ1) is 13.8. The summed E-state index contributed by atoms with van der Waals surface area (Å²) >= 11 is 0. The number of nitrogens with one attached hydrogen (secondary N) is 2. The van der Waals surface area contributed by atoms with E-state index in [0.717, 1.165) is 11.1 Å². The van der Waals surface area contributed by atoms with Gasteiger partial charge < -0.3 is 4.98 Å². The number of fused-ring (bicyclic) bond motifs is 1. The Morgan fingerprint density at radius 2 is 2.00 bits per heavy atom. The van der Waals surface area contributed by atoms with E-state index in [9.17, 15) is 8.42 Å². The molecule has 0 aliphatic rings. The zero-order valence-electron chi connectivity index (χ0n) is 11.5. The van der Waals surface area contributed by atoms with E-state index in [1.165, 1.54) is 6.20 Å². The fraction of sp³-hybridized carbons (Fsp3) is 0.133. The average Bonchev–Trinajstić information content (AvgIpc) is 2.91. The molecule has 3 aromatic rings. The lowest BCUT2D eigenvalue weighted by Crippen LogP contribution is -2.23. The van der Waals surface area contributed by atoms with Crippen LogP contribution in [-0.2, 0) is 16.6 Å². The van der Waals surface area contributed by atoms with Crippen LogP contribution in [0.2, 0.25) is 0 Å². The molecule has 3 rings (SSSR count). The van der Waals surface area contributed by atoms with E-state index < -0.39 is 10.0 Å². The topological polar surface area (TPSA) is 74.8 Å². The Balaban J connectivity index is 1.89. The van der Waals surface area contributed by atoms with Gasteiger partial charge in [0.25, 0.3) is 0 Å². The van der Waals surface area contributed by atoms with Crippen molar-refractivity contribution < 1.29 is 8.42 Å². The zero-order chi connectivity index (χ0) is 14.9. The minimum absolute atomic E-state index is 0.221. The molecule has 0 amide bonds. The van der Waals surface area contributed by atoms with E-state index in [1.54, 1.807) is 18.3 Å². The maximum atomic E-state index is 12.4. The molecule has 0 radical (unpaired) electrons. The highest BCUT2D eigenvalue weighted by Gasteiger charge is 2.19. The Bertz CT molecular complexity index is 885. The van der Waals surface area contributed by atoms with Crippen LogP contribution < -0.4 is 4.72 Å². The van der Waals surface area contributed by atoms with Gasteiger partial charge >= 0.3 is 0 Å². The van der Waals surface area contributed by atoms with Crippen molar-refractivity contribution in [1.29, 1.82) is 0 Å². The molecule has 0 bridgehead atoms. The van der Waals surface area contributed by atoms with Gasteiger partial charge in [-0.15, -0.1) is 0 Å². The molecule has 0 aliphatic heterocycles. The van der Waals surface area contributed by atoms with Crippen LogP contribution in [0.5, 0.6) is 0 Å². The Hall–Kier alpha value is -2.18. The van der Waals surface area contributed by atoms with E-state index in [-0.39, 0.29) is 11.4 Å². The van der Waals surface area contributed by atoms with Crippen LogP contribution in [-0.4, -0.2) is 18.4 Å². The fourth-order valence-corrected chi connectivity index (χ4v) is 3.38. The van der Waals surface area contributed by atoms with Gasteiger partial charge in [0.2, 0.25) is 10.0 Å². The average molecular weight is 301 g/mol. The predicted molar refractivity (Wildman–Crippen MR) is 81.3 cm³/mol. The number of sulfonamides is 1. The molecule has 0 fully saturated rings. The van der Waals surface area contributed by atoms with Crippen LogP contribution >= 0.6 is 0 Å². The van der Waals surface area contributed by atoms with Crippen LogP contribution in [0.4, 0.5) is 0 Å². The monoisotopic (exact) mass is 301 g/mol. The quantitative estimate of drug-likeness (QED) is 0.776. The maximum absolute atomic E-state index is 12.4. The minimum atomic E-state index is -3.58. The second kappa shape index (κ2) is 5.31. The third-order valence-electron chi connectivity index (χ3n) is 3.42. The Labute approximate surface area is 123 Å². The van der Waals surface area contributed by atoms with Crippen molar-refractivity contribution >= 4 is 21.1 Å². The summed E-state index contributed by atoms with van der Waals surface area (Å²) in [5.74, 6) is 0. The molecule has 2 aromatic heterocycles. The van der Waals surface area contributed by atoms with Crippen molar-refractivity contribution in [2.24, 2.45) is 0 Å². The molecule has 21 heavy (non-hydrogen) atoms. The largest absolute Gasteiger partial charge is 0.345 e. The number of aromatic amines is 1. The van der Waals surface area contributed by atoms with Crippen molar-refractivity contribution in [1.82, 2.24) is 14.7 Å². The van der Waals surface area contributed by atoms with Gasteiger partial charge in [-0.05, 0) is 30.2 Å². The molecule has 0 saturated heterocycles. The molecule has 0 atom stereocenters. The molecular weight excluding hydrogens is 286 g/mol. The highest BCUT2D eigenvalue weighted by atomic mass is 32.2. The number of hydrogen-bond donors (Lipinski definition) is 2. The van der Waals surface area contributed by atoms with Gasteiger partial charge in [0.05, 0.1) is 0 Å². The summed E-state index contributed by atoms with van der Waals surface area (Å²) < 4.78 is 27.5. The summed E-state index contributed by atoms with van der Waals surface area (Å²) in [7, 11) is -3.58. The molecule has 0 unspecified atom stereocenters. The van der Waals surface area contributed by atoms with Crippen LogP contribution in [0, 0.1) is 6.92 Å². The number of aryl methyl sites for hydroxylation is 1. The van der Waals surface area contributed by atoms with Crippen LogP contribution in [0.1, 0.15) is 11.1 Å². The SMILES string of the molecule is Cc1ccccc1CNS(=O)(=O)c1c[nH]c2ncccc12. The van der Waals surface area contributed by atoms with Gasteiger partial charge in [0, 0.05) is 24.3 Å². The zero-order valence-corrected chi connectivity index (χ0v) is 12.3. The summed E-state index contributed by atoms with van der Waals surface area (Å²) in [4.78, 5) is 7.20. The molecule has 2 N–H and O–H groups in total. The first-order chi connectivity index (χ1) is 10.1. The number of rotatable bonds is 4. The predicted octanol–water partition coefficient (Wildman–Crippen LogP) is 2.35. The highest BCUT2D eigenvalue weighted by molar-refractivity contribution is 7.89. The van der Waals surface area contributed by atoms with E-state index in [4.69, 9.17) is 0 Å². The van der Waals surface area contributed by atoms with E-state index >= 15 is 0 Å². The van der Waals surface area contributed by atoms with Gasteiger partial charge in [-0.1, -0.05) is 24.3 Å². The maximum Gasteiger partial charge on any atom is 0.243 e. The third kappa shape index (κ3) is 2.68. The summed E-state index contributed by atoms with van der Waals surface area (Å²) in [5, 5.41) is 0.592. The Morgan fingerprint density at radius 1 is 1.19 bits per heavy atom. The molecule has 1 aromatic carbocycles. The van der Waals surface area contributed by atoms with Gasteiger partial charge in [0.1, 0.15) is 10.5 Å². The minimum Gasteiger partial charge on any atom is -0.345 e. The van der Waals surface area contributed by atoms with Gasteiger partial charge in [0.15, 0.2) is 0 Å². The van der Waals surface area contributed by atoms with Crippen molar-refractivity contribution in [3.05, 3.63) is 59.9 Å². The Kier molecular flexibility index (Phi) is 3.48. The molecular formula is C15H15N3O2S. The second-order valence-corrected chi connectivity index (χ2v) is 6.54. The van der Waals surface area contributed by atoms with Crippen molar-refractivity contribution in [2.45, 2.75) is 18.4 Å². The molecule has 0 spiro atoms. The van der Waals surface area contributed by atoms with Crippen LogP contribution in [0.25, 0.3) is 11.0 Å². The lowest BCUT2D eigenvalue weighted by atomic mass is 10.1. The number of aromatic nitrogens is 2. The van der Waals surface area contributed by atoms with Gasteiger partial charge in [-0.2, -0.15) is 0 Å². The van der Waals surface area contributed by atoms with Crippen molar-refractivity contribution in [3.63, 3.8) is 0 Å².